The topological polar surface area (TPSA) is 102 Å². The minimum Gasteiger partial charge on any atom is -0.493 e. The number of hydrogen-bond acceptors (Lipinski definition) is 7. The molecule has 0 radical (unpaired) electrons. The number of fused-ring (bicyclic) bond motifs is 3. The first-order valence-corrected chi connectivity index (χ1v) is 12.0. The third-order valence-corrected chi connectivity index (χ3v) is 6.66. The Kier molecular flexibility index (Phi) is 6.74. The van der Waals surface area contributed by atoms with Crippen LogP contribution in [0.2, 0.25) is 0 Å². The van der Waals surface area contributed by atoms with E-state index in [1.165, 1.54) is 14.2 Å². The molecule has 1 aromatic heterocycles. The highest BCUT2D eigenvalue weighted by atomic mass is 16.6. The number of ether oxygens (including phenoxy) is 4. The Hall–Kier alpha value is -4.79. The van der Waals surface area contributed by atoms with E-state index in [0.29, 0.717) is 53.6 Å². The maximum atomic E-state index is 13.0. The molecule has 0 aliphatic carbocycles. The molecule has 0 atom stereocenters. The molecule has 0 saturated heterocycles. The third-order valence-electron chi connectivity index (χ3n) is 6.66. The molecule has 1 aliphatic heterocycles. The summed E-state index contributed by atoms with van der Waals surface area (Å²) in [5, 5.41) is 12.6. The van der Waals surface area contributed by atoms with Gasteiger partial charge in [0.15, 0.2) is 11.5 Å². The number of carbonyl (C=O) groups is 1. The number of methoxy groups -OCH3 is 3. The maximum absolute atomic E-state index is 13.0. The van der Waals surface area contributed by atoms with E-state index in [0.717, 1.165) is 11.1 Å². The molecule has 1 aliphatic rings. The molecule has 5 rings (SSSR count). The minimum absolute atomic E-state index is 0.132. The van der Waals surface area contributed by atoms with Crippen molar-refractivity contribution in [2.24, 2.45) is 0 Å². The molecule has 3 aromatic carbocycles. The largest absolute Gasteiger partial charge is 0.493 e. The second-order valence-electron chi connectivity index (χ2n) is 8.73. The van der Waals surface area contributed by atoms with Gasteiger partial charge in [-0.15, -0.1) is 0 Å². The Morgan fingerprint density at radius 2 is 1.66 bits per heavy atom. The van der Waals surface area contributed by atoms with Crippen LogP contribution in [0.25, 0.3) is 22.4 Å². The molecule has 0 fully saturated rings. The molecule has 0 unspecified atom stereocenters. The Morgan fingerprint density at radius 1 is 0.974 bits per heavy atom. The number of carbonyl (C=O) groups excluding carboxylic acids is 1. The molecule has 4 aromatic rings. The van der Waals surface area contributed by atoms with Gasteiger partial charge in [0.25, 0.3) is 0 Å². The van der Waals surface area contributed by atoms with Crippen molar-refractivity contribution in [1.29, 1.82) is 0 Å². The molecule has 194 valence electrons. The van der Waals surface area contributed by atoms with Gasteiger partial charge in [-0.05, 0) is 47.4 Å². The molecule has 9 heteroatoms. The van der Waals surface area contributed by atoms with Gasteiger partial charge in [0, 0.05) is 12.1 Å². The fourth-order valence-corrected chi connectivity index (χ4v) is 4.90. The molecule has 38 heavy (non-hydrogen) atoms. The van der Waals surface area contributed by atoms with Crippen LogP contribution in [-0.4, -0.2) is 36.8 Å². The van der Waals surface area contributed by atoms with Crippen molar-refractivity contribution in [2.45, 2.75) is 19.6 Å². The lowest BCUT2D eigenvalue weighted by atomic mass is 9.96. The lowest BCUT2D eigenvalue weighted by Gasteiger charge is -2.22. The molecule has 9 nitrogen and oxygen atoms in total. The second kappa shape index (κ2) is 10.3. The van der Waals surface area contributed by atoms with Crippen LogP contribution in [0, 0.1) is 10.1 Å². The van der Waals surface area contributed by atoms with E-state index in [1.54, 1.807) is 42.0 Å². The van der Waals surface area contributed by atoms with Gasteiger partial charge >= 0.3 is 11.7 Å². The molecule has 0 amide bonds. The average Bonchev–Trinajstić information content (AvgIpc) is 3.31. The highest BCUT2D eigenvalue weighted by Gasteiger charge is 2.39. The summed E-state index contributed by atoms with van der Waals surface area (Å²) in [7, 11) is 4.31. The van der Waals surface area contributed by atoms with E-state index >= 15 is 0 Å². The standard InChI is InChI=1S/C29H26N2O7/c1-35-23-15-20-13-14-30-26(22(20)16-24(23)36-2)27(31(33)34)25(28(30)29(32)37-3)19-9-11-21(12-10-19)38-17-18-7-5-4-6-8-18/h4-12,15-16H,13-14,17H2,1-3H3. The number of nitro groups is 1. The van der Waals surface area contributed by atoms with E-state index in [9.17, 15) is 14.9 Å². The zero-order valence-electron chi connectivity index (χ0n) is 21.2. The van der Waals surface area contributed by atoms with Crippen molar-refractivity contribution in [1.82, 2.24) is 4.57 Å². The molecule has 0 bridgehead atoms. The third kappa shape index (κ3) is 4.32. The number of aryl methyl sites for hydroxylation is 1. The van der Waals surface area contributed by atoms with E-state index in [2.05, 4.69) is 0 Å². The molecule has 0 saturated carbocycles. The van der Waals surface area contributed by atoms with Gasteiger partial charge < -0.3 is 23.5 Å². The van der Waals surface area contributed by atoms with Gasteiger partial charge in [-0.3, -0.25) is 10.1 Å². The summed E-state index contributed by atoms with van der Waals surface area (Å²) in [6.45, 7) is 0.748. The van der Waals surface area contributed by atoms with E-state index in [1.807, 2.05) is 36.4 Å². The summed E-state index contributed by atoms with van der Waals surface area (Å²) >= 11 is 0. The summed E-state index contributed by atoms with van der Waals surface area (Å²) in [4.78, 5) is 25.2. The van der Waals surface area contributed by atoms with Gasteiger partial charge in [0.1, 0.15) is 23.7 Å². The number of aromatic nitrogens is 1. The summed E-state index contributed by atoms with van der Waals surface area (Å²) in [5.41, 5.74) is 3.50. The SMILES string of the molecule is COC(=O)c1c(-c2ccc(OCc3ccccc3)cc2)c([N+](=O)[O-])c2n1CCc1cc(OC)c(OC)cc1-2. The maximum Gasteiger partial charge on any atom is 0.355 e. The van der Waals surface area contributed by atoms with Crippen LogP contribution in [0.15, 0.2) is 66.7 Å². The second-order valence-corrected chi connectivity index (χ2v) is 8.73. The average molecular weight is 515 g/mol. The number of rotatable bonds is 8. The van der Waals surface area contributed by atoms with Crippen LogP contribution >= 0.6 is 0 Å². The van der Waals surface area contributed by atoms with Gasteiger partial charge in [0.05, 0.1) is 31.8 Å². The number of esters is 1. The first kappa shape index (κ1) is 24.9. The van der Waals surface area contributed by atoms with Crippen molar-refractivity contribution in [3.8, 4) is 39.6 Å². The summed E-state index contributed by atoms with van der Waals surface area (Å²) in [5.74, 6) is 0.929. The highest BCUT2D eigenvalue weighted by Crippen LogP contribution is 2.49. The Morgan fingerprint density at radius 3 is 2.29 bits per heavy atom. The van der Waals surface area contributed by atoms with Crippen LogP contribution in [0.5, 0.6) is 17.2 Å². The van der Waals surface area contributed by atoms with Gasteiger partial charge in [0.2, 0.25) is 0 Å². The fraction of sp³-hybridized carbons (Fsp3) is 0.207. The molecule has 0 spiro atoms. The predicted molar refractivity (Wildman–Crippen MR) is 141 cm³/mol. The fourth-order valence-electron chi connectivity index (χ4n) is 4.90. The van der Waals surface area contributed by atoms with E-state index < -0.39 is 10.9 Å². The van der Waals surface area contributed by atoms with Crippen LogP contribution < -0.4 is 14.2 Å². The summed E-state index contributed by atoms with van der Waals surface area (Å²) in [6.07, 6.45) is 0.546. The van der Waals surface area contributed by atoms with Crippen molar-refractivity contribution in [3.05, 3.63) is 93.7 Å². The highest BCUT2D eigenvalue weighted by molar-refractivity contribution is 6.03. The number of nitrogens with zero attached hydrogens (tertiary/aromatic N) is 2. The Bertz CT molecular complexity index is 1510. The molecule has 0 N–H and O–H groups in total. The van der Waals surface area contributed by atoms with Gasteiger partial charge in [-0.25, -0.2) is 4.79 Å². The molecule has 2 heterocycles. The minimum atomic E-state index is -0.650. The monoisotopic (exact) mass is 514 g/mol. The molecular formula is C29H26N2O7. The number of hydrogen-bond donors (Lipinski definition) is 0. The Labute approximate surface area is 219 Å². The smallest absolute Gasteiger partial charge is 0.355 e. The lowest BCUT2D eigenvalue weighted by Crippen LogP contribution is -2.17. The van der Waals surface area contributed by atoms with Crippen LogP contribution in [-0.2, 0) is 24.3 Å². The predicted octanol–water partition coefficient (Wildman–Crippen LogP) is 5.67. The van der Waals surface area contributed by atoms with Crippen molar-refractivity contribution >= 4 is 11.7 Å². The van der Waals surface area contributed by atoms with Crippen LogP contribution in [0.4, 0.5) is 5.69 Å². The quantitative estimate of drug-likeness (QED) is 0.170. The van der Waals surface area contributed by atoms with Crippen LogP contribution in [0.1, 0.15) is 21.6 Å². The zero-order valence-corrected chi connectivity index (χ0v) is 21.2. The molecular weight excluding hydrogens is 488 g/mol. The van der Waals surface area contributed by atoms with Gasteiger partial charge in [-0.1, -0.05) is 42.5 Å². The first-order chi connectivity index (χ1) is 18.5. The van der Waals surface area contributed by atoms with Crippen molar-refractivity contribution < 1.29 is 28.7 Å². The van der Waals surface area contributed by atoms with Crippen LogP contribution in [0.3, 0.4) is 0 Å². The summed E-state index contributed by atoms with van der Waals surface area (Å²) in [6, 6.07) is 20.2. The summed E-state index contributed by atoms with van der Waals surface area (Å²) < 4.78 is 23.5. The van der Waals surface area contributed by atoms with Gasteiger partial charge in [-0.2, -0.15) is 0 Å². The zero-order chi connectivity index (χ0) is 26.8. The van der Waals surface area contributed by atoms with E-state index in [4.69, 9.17) is 18.9 Å². The normalized spacial score (nSPS) is 11.8. The van der Waals surface area contributed by atoms with E-state index in [-0.39, 0.29) is 16.9 Å². The Balaban J connectivity index is 1.64. The number of benzene rings is 3. The lowest BCUT2D eigenvalue weighted by molar-refractivity contribution is -0.383. The van der Waals surface area contributed by atoms with Crippen molar-refractivity contribution in [2.75, 3.05) is 21.3 Å². The first-order valence-electron chi connectivity index (χ1n) is 12.0. The van der Waals surface area contributed by atoms with Crippen molar-refractivity contribution in [3.63, 3.8) is 0 Å².